The Labute approximate surface area is 175 Å². The van der Waals surface area contributed by atoms with E-state index in [9.17, 15) is 14.7 Å². The Morgan fingerprint density at radius 2 is 1.90 bits per heavy atom. The van der Waals surface area contributed by atoms with E-state index in [1.54, 1.807) is 12.1 Å². The predicted octanol–water partition coefficient (Wildman–Crippen LogP) is 5.78. The van der Waals surface area contributed by atoms with Crippen LogP contribution in [-0.4, -0.2) is 21.4 Å². The van der Waals surface area contributed by atoms with Gasteiger partial charge in [0.1, 0.15) is 5.58 Å². The van der Waals surface area contributed by atoms with Crippen LogP contribution in [0.2, 0.25) is 0 Å². The summed E-state index contributed by atoms with van der Waals surface area (Å²) >= 11 is 1.29. The average Bonchev–Trinajstić information content (AvgIpc) is 3.44. The third-order valence-electron chi connectivity index (χ3n) is 5.30. The molecule has 148 valence electrons. The third kappa shape index (κ3) is 3.02. The molecule has 0 aliphatic heterocycles. The van der Waals surface area contributed by atoms with Gasteiger partial charge in [-0.2, -0.15) is 0 Å². The second-order valence-corrected chi connectivity index (χ2v) is 8.17. The molecule has 6 heteroatoms. The monoisotopic (exact) mass is 415 g/mol. The first-order chi connectivity index (χ1) is 14.5. The zero-order valence-corrected chi connectivity index (χ0v) is 16.9. The topological polar surface area (TPSA) is 72.4 Å². The number of hydrogen-bond acceptors (Lipinski definition) is 4. The van der Waals surface area contributed by atoms with Crippen LogP contribution in [-0.2, 0) is 13.5 Å². The molecule has 0 saturated heterocycles. The number of hydrogen-bond donors (Lipinski definition) is 1. The number of carboxylic acid groups (broad SMARTS) is 1. The molecule has 0 unspecified atom stereocenters. The number of ketones is 1. The number of benzene rings is 2. The van der Waals surface area contributed by atoms with E-state index in [-0.39, 0.29) is 23.5 Å². The molecule has 30 heavy (non-hydrogen) atoms. The average molecular weight is 415 g/mol. The van der Waals surface area contributed by atoms with Crippen LogP contribution in [0.1, 0.15) is 25.8 Å². The zero-order valence-electron chi connectivity index (χ0n) is 16.1. The molecule has 2 aromatic carbocycles. The fraction of sp³-hybridized carbons (Fsp3) is 0.0833. The quantitative estimate of drug-likeness (QED) is 0.370. The summed E-state index contributed by atoms with van der Waals surface area (Å²) in [5, 5.41) is 13.6. The van der Waals surface area contributed by atoms with E-state index in [1.807, 2.05) is 65.7 Å². The second-order valence-electron chi connectivity index (χ2n) is 7.20. The molecule has 5 aromatic rings. The van der Waals surface area contributed by atoms with Crippen molar-refractivity contribution < 1.29 is 19.1 Å². The number of aromatic carboxylic acids is 1. The lowest BCUT2D eigenvalue weighted by atomic mass is 10.00. The van der Waals surface area contributed by atoms with Crippen molar-refractivity contribution in [2.75, 3.05) is 0 Å². The third-order valence-corrected chi connectivity index (χ3v) is 6.29. The molecule has 0 aliphatic rings. The van der Waals surface area contributed by atoms with E-state index < -0.39 is 5.97 Å². The summed E-state index contributed by atoms with van der Waals surface area (Å²) in [4.78, 5) is 25.4. The summed E-state index contributed by atoms with van der Waals surface area (Å²) in [7, 11) is 1.97. The maximum absolute atomic E-state index is 12.8. The first kappa shape index (κ1) is 18.4. The van der Waals surface area contributed by atoms with Gasteiger partial charge in [0, 0.05) is 46.4 Å². The Bertz CT molecular complexity index is 1400. The van der Waals surface area contributed by atoms with Crippen LogP contribution in [0, 0.1) is 0 Å². The summed E-state index contributed by atoms with van der Waals surface area (Å²) in [6, 6.07) is 17.0. The van der Waals surface area contributed by atoms with Gasteiger partial charge < -0.3 is 14.1 Å². The number of carbonyl (C=O) groups is 2. The van der Waals surface area contributed by atoms with Crippen LogP contribution in [0.25, 0.3) is 33.0 Å². The lowest BCUT2D eigenvalue weighted by molar-refractivity contribution is 0.0697. The van der Waals surface area contributed by atoms with Gasteiger partial charge in [-0.25, -0.2) is 4.79 Å². The Hall–Kier alpha value is -3.64. The number of aryl methyl sites for hydroxylation is 1. The molecular formula is C24H17NO4S. The van der Waals surface area contributed by atoms with Crippen LogP contribution >= 0.6 is 11.3 Å². The summed E-state index contributed by atoms with van der Waals surface area (Å²) in [6.45, 7) is 0. The molecule has 0 aliphatic carbocycles. The number of nitrogens with zero attached hydrogens (tertiary/aromatic N) is 1. The summed E-state index contributed by atoms with van der Waals surface area (Å²) in [5.41, 5.74) is 3.35. The molecule has 0 radical (unpaired) electrons. The Morgan fingerprint density at radius 1 is 1.07 bits per heavy atom. The smallest absolute Gasteiger partial charge is 0.337 e. The summed E-state index contributed by atoms with van der Waals surface area (Å²) < 4.78 is 7.67. The number of furan rings is 1. The molecule has 0 bridgehead atoms. The van der Waals surface area contributed by atoms with Crippen molar-refractivity contribution in [3.05, 3.63) is 82.4 Å². The molecule has 0 amide bonds. The normalized spacial score (nSPS) is 11.4. The molecule has 1 N–H and O–H groups in total. The molecule has 0 atom stereocenters. The second kappa shape index (κ2) is 7.00. The van der Waals surface area contributed by atoms with E-state index in [4.69, 9.17) is 4.42 Å². The summed E-state index contributed by atoms with van der Waals surface area (Å²) in [6.07, 6.45) is 1.96. The number of carboxylic acids is 1. The van der Waals surface area contributed by atoms with Crippen molar-refractivity contribution in [3.8, 4) is 11.1 Å². The first-order valence-corrected chi connectivity index (χ1v) is 10.3. The van der Waals surface area contributed by atoms with Crippen LogP contribution < -0.4 is 0 Å². The van der Waals surface area contributed by atoms with E-state index in [0.717, 1.165) is 21.9 Å². The first-order valence-electron chi connectivity index (χ1n) is 9.42. The van der Waals surface area contributed by atoms with E-state index >= 15 is 0 Å². The number of carbonyl (C=O) groups excluding carboxylic acids is 1. The Morgan fingerprint density at radius 3 is 2.70 bits per heavy atom. The molecular weight excluding hydrogens is 398 g/mol. The largest absolute Gasteiger partial charge is 0.478 e. The Balaban J connectivity index is 1.51. The lowest BCUT2D eigenvalue weighted by Crippen LogP contribution is -2.06. The van der Waals surface area contributed by atoms with E-state index in [1.165, 1.54) is 11.3 Å². The van der Waals surface area contributed by atoms with E-state index in [0.29, 0.717) is 16.0 Å². The highest BCUT2D eigenvalue weighted by molar-refractivity contribution is 7.11. The highest BCUT2D eigenvalue weighted by Crippen LogP contribution is 2.34. The van der Waals surface area contributed by atoms with Gasteiger partial charge in [0.05, 0.1) is 5.56 Å². The van der Waals surface area contributed by atoms with Crippen molar-refractivity contribution >= 4 is 45.0 Å². The zero-order chi connectivity index (χ0) is 20.8. The highest BCUT2D eigenvalue weighted by atomic mass is 32.1. The maximum atomic E-state index is 12.8. The number of para-hydroxylation sites is 1. The fourth-order valence-electron chi connectivity index (χ4n) is 3.78. The SMILES string of the molecule is Cn1ccc2cc(-c3csc(CC(=O)c4cc5ccccc5o4)c3C(=O)O)ccc21. The molecule has 3 heterocycles. The van der Waals surface area contributed by atoms with Crippen LogP contribution in [0.4, 0.5) is 0 Å². The van der Waals surface area contributed by atoms with Crippen molar-refractivity contribution in [2.45, 2.75) is 6.42 Å². The standard InChI is InChI=1S/C24H17NO4S/c1-25-9-8-15-10-14(6-7-18(15)25)17-13-30-22(23(17)24(27)28)12-19(26)21-11-16-4-2-3-5-20(16)29-21/h2-11,13H,12H2,1H3,(H,27,28). The fourth-order valence-corrected chi connectivity index (χ4v) is 4.82. The molecule has 0 fully saturated rings. The van der Waals surface area contributed by atoms with Crippen molar-refractivity contribution in [1.29, 1.82) is 0 Å². The molecule has 3 aromatic heterocycles. The van der Waals surface area contributed by atoms with Crippen LogP contribution in [0.3, 0.4) is 0 Å². The van der Waals surface area contributed by atoms with Crippen LogP contribution in [0.15, 0.2) is 70.6 Å². The van der Waals surface area contributed by atoms with Gasteiger partial charge in [-0.3, -0.25) is 4.79 Å². The minimum atomic E-state index is -1.04. The number of aromatic nitrogens is 1. The number of fused-ring (bicyclic) bond motifs is 2. The Kier molecular flexibility index (Phi) is 4.29. The van der Waals surface area contributed by atoms with Gasteiger partial charge in [0.15, 0.2) is 5.76 Å². The summed E-state index contributed by atoms with van der Waals surface area (Å²) in [5.74, 6) is -1.03. The minimum absolute atomic E-state index is 0.0142. The number of Topliss-reactive ketones (excluding diaryl/α,β-unsaturated/α-hetero) is 1. The van der Waals surface area contributed by atoms with Crippen molar-refractivity contribution in [1.82, 2.24) is 4.57 Å². The number of rotatable bonds is 5. The van der Waals surface area contributed by atoms with Gasteiger partial charge in [-0.05, 0) is 41.3 Å². The van der Waals surface area contributed by atoms with Gasteiger partial charge in [-0.15, -0.1) is 11.3 Å². The van der Waals surface area contributed by atoms with Gasteiger partial charge in [0.2, 0.25) is 5.78 Å². The molecule has 0 spiro atoms. The van der Waals surface area contributed by atoms with Crippen molar-refractivity contribution in [2.24, 2.45) is 7.05 Å². The van der Waals surface area contributed by atoms with Crippen LogP contribution in [0.5, 0.6) is 0 Å². The minimum Gasteiger partial charge on any atom is -0.478 e. The number of thiophene rings is 1. The van der Waals surface area contributed by atoms with Gasteiger partial charge in [-0.1, -0.05) is 24.3 Å². The maximum Gasteiger partial charge on any atom is 0.337 e. The predicted molar refractivity (Wildman–Crippen MR) is 117 cm³/mol. The molecule has 0 saturated carbocycles. The highest BCUT2D eigenvalue weighted by Gasteiger charge is 2.23. The van der Waals surface area contributed by atoms with Gasteiger partial charge in [0.25, 0.3) is 0 Å². The van der Waals surface area contributed by atoms with Gasteiger partial charge >= 0.3 is 5.97 Å². The molecule has 5 rings (SSSR count). The lowest BCUT2D eigenvalue weighted by Gasteiger charge is -2.05. The van der Waals surface area contributed by atoms with E-state index in [2.05, 4.69) is 0 Å². The van der Waals surface area contributed by atoms with Crippen molar-refractivity contribution in [3.63, 3.8) is 0 Å². The molecule has 5 nitrogen and oxygen atoms in total.